The number of carbonyl (C=O) groups is 2. The molecule has 0 unspecified atom stereocenters. The van der Waals surface area contributed by atoms with Crippen molar-refractivity contribution in [2.45, 2.75) is 12.8 Å². The summed E-state index contributed by atoms with van der Waals surface area (Å²) in [4.78, 5) is 33.9. The first-order valence-corrected chi connectivity index (χ1v) is 10.5. The number of nitrogens with one attached hydrogen (secondary N) is 1. The smallest absolute Gasteiger partial charge is 0.308 e. The van der Waals surface area contributed by atoms with Crippen LogP contribution in [0.3, 0.4) is 0 Å². The van der Waals surface area contributed by atoms with Crippen LogP contribution >= 0.6 is 27.5 Å². The molecule has 0 spiro atoms. The Bertz CT molecular complexity index is 1100. The van der Waals surface area contributed by atoms with Crippen molar-refractivity contribution < 1.29 is 14.7 Å². The summed E-state index contributed by atoms with van der Waals surface area (Å²) >= 11 is 9.60. The van der Waals surface area contributed by atoms with Gasteiger partial charge in [-0.3, -0.25) is 9.59 Å². The van der Waals surface area contributed by atoms with Crippen molar-refractivity contribution in [3.05, 3.63) is 80.7 Å². The van der Waals surface area contributed by atoms with E-state index in [1.54, 1.807) is 43.3 Å². The molecule has 1 heterocycles. The molecule has 1 amide bonds. The summed E-state index contributed by atoms with van der Waals surface area (Å²) in [5.74, 6) is -0.229. The number of amides is 1. The summed E-state index contributed by atoms with van der Waals surface area (Å²) < 4.78 is 0.907. The molecule has 7 nitrogen and oxygen atoms in total. The molecule has 2 aromatic carbocycles. The molecule has 0 radical (unpaired) electrons. The van der Waals surface area contributed by atoms with Crippen LogP contribution in [0.5, 0.6) is 0 Å². The van der Waals surface area contributed by atoms with Gasteiger partial charge in [0.05, 0.1) is 6.42 Å². The van der Waals surface area contributed by atoms with Gasteiger partial charge in [0, 0.05) is 41.8 Å². The van der Waals surface area contributed by atoms with Crippen molar-refractivity contribution >= 4 is 50.9 Å². The van der Waals surface area contributed by atoms with Gasteiger partial charge in [0.25, 0.3) is 5.91 Å². The van der Waals surface area contributed by atoms with E-state index in [0.29, 0.717) is 34.9 Å². The number of carboxylic acids is 1. The highest BCUT2D eigenvalue weighted by atomic mass is 79.9. The van der Waals surface area contributed by atoms with Crippen LogP contribution in [0, 0.1) is 0 Å². The van der Waals surface area contributed by atoms with Crippen molar-refractivity contribution in [1.82, 2.24) is 9.97 Å². The summed E-state index contributed by atoms with van der Waals surface area (Å²) in [5, 5.41) is 12.1. The van der Waals surface area contributed by atoms with E-state index in [1.165, 1.54) is 0 Å². The molecule has 31 heavy (non-hydrogen) atoms. The Morgan fingerprint density at radius 3 is 2.29 bits per heavy atom. The Balaban J connectivity index is 1.74. The lowest BCUT2D eigenvalue weighted by Crippen LogP contribution is -2.18. The lowest BCUT2D eigenvalue weighted by atomic mass is 10.1. The number of hydrogen-bond donors (Lipinski definition) is 2. The first kappa shape index (κ1) is 22.7. The van der Waals surface area contributed by atoms with Gasteiger partial charge in [-0.2, -0.15) is 0 Å². The van der Waals surface area contributed by atoms with Crippen LogP contribution in [0.1, 0.15) is 27.3 Å². The number of aliphatic carboxylic acids is 1. The van der Waals surface area contributed by atoms with Gasteiger partial charge in [-0.25, -0.2) is 9.97 Å². The van der Waals surface area contributed by atoms with E-state index in [2.05, 4.69) is 31.2 Å². The van der Waals surface area contributed by atoms with E-state index in [-0.39, 0.29) is 17.5 Å². The van der Waals surface area contributed by atoms with E-state index in [4.69, 9.17) is 16.7 Å². The maximum atomic E-state index is 12.3. The fourth-order valence-corrected chi connectivity index (χ4v) is 3.45. The molecule has 2 N–H and O–H groups in total. The van der Waals surface area contributed by atoms with Gasteiger partial charge in [0.2, 0.25) is 0 Å². The second-order valence-corrected chi connectivity index (χ2v) is 8.31. The number of hydrogen-bond acceptors (Lipinski definition) is 5. The van der Waals surface area contributed by atoms with E-state index >= 15 is 0 Å². The Hall–Kier alpha value is -2.97. The summed E-state index contributed by atoms with van der Waals surface area (Å²) in [6, 6.07) is 14.5. The number of rotatable bonds is 7. The zero-order valence-corrected chi connectivity index (χ0v) is 19.2. The van der Waals surface area contributed by atoms with Crippen molar-refractivity contribution in [2.24, 2.45) is 0 Å². The number of carbonyl (C=O) groups excluding carboxylic acids is 1. The molecule has 3 rings (SSSR count). The number of anilines is 2. The molecule has 1 aromatic heterocycles. The van der Waals surface area contributed by atoms with Crippen LogP contribution < -0.4 is 10.2 Å². The summed E-state index contributed by atoms with van der Waals surface area (Å²) in [7, 11) is 3.55. The number of carboxylic acid groups (broad SMARTS) is 1. The predicted octanol–water partition coefficient (Wildman–Crippen LogP) is 4.43. The van der Waals surface area contributed by atoms with E-state index in [9.17, 15) is 9.59 Å². The average molecular weight is 504 g/mol. The van der Waals surface area contributed by atoms with Gasteiger partial charge in [0.1, 0.15) is 16.8 Å². The minimum Gasteiger partial charge on any atom is -0.481 e. The fraction of sp³-hybridized carbons (Fsp3) is 0.182. The third-order valence-corrected chi connectivity index (χ3v) is 5.25. The normalized spacial score (nSPS) is 10.6. The zero-order chi connectivity index (χ0) is 22.5. The monoisotopic (exact) mass is 502 g/mol. The highest BCUT2D eigenvalue weighted by Gasteiger charge is 2.17. The molecule has 0 bridgehead atoms. The second-order valence-electron chi connectivity index (χ2n) is 7.03. The van der Waals surface area contributed by atoms with Crippen molar-refractivity contribution in [3.8, 4) is 0 Å². The Kier molecular flexibility index (Phi) is 7.25. The number of benzene rings is 2. The van der Waals surface area contributed by atoms with Crippen molar-refractivity contribution in [1.29, 1.82) is 0 Å². The quantitative estimate of drug-likeness (QED) is 0.463. The lowest BCUT2D eigenvalue weighted by Gasteiger charge is -2.17. The molecule has 0 aliphatic rings. The number of nitrogens with zero attached hydrogens (tertiary/aromatic N) is 3. The molecular weight excluding hydrogens is 484 g/mol. The fourth-order valence-electron chi connectivity index (χ4n) is 2.93. The largest absolute Gasteiger partial charge is 0.481 e. The maximum Gasteiger partial charge on any atom is 0.308 e. The van der Waals surface area contributed by atoms with E-state index in [0.717, 1.165) is 10.0 Å². The Morgan fingerprint density at radius 2 is 1.71 bits per heavy atom. The maximum absolute atomic E-state index is 12.3. The molecule has 0 saturated carbocycles. The van der Waals surface area contributed by atoms with Crippen molar-refractivity contribution in [2.75, 3.05) is 24.3 Å². The lowest BCUT2D eigenvalue weighted by molar-refractivity contribution is -0.136. The van der Waals surface area contributed by atoms with Crippen LogP contribution in [0.2, 0.25) is 5.15 Å². The van der Waals surface area contributed by atoms with Gasteiger partial charge in [-0.05, 0) is 42.0 Å². The van der Waals surface area contributed by atoms with E-state index < -0.39 is 5.97 Å². The standard InChI is InChI=1S/C22H20BrClN4O3/c1-28(2)21-17(12-19(29)30)20(24)26-18(27-21)11-13-3-9-16(10-4-13)25-22(31)14-5-7-15(23)8-6-14/h3-10H,11-12H2,1-2H3,(H,25,31)(H,29,30). The van der Waals surface area contributed by atoms with Gasteiger partial charge >= 0.3 is 5.97 Å². The van der Waals surface area contributed by atoms with Crippen LogP contribution in [0.15, 0.2) is 53.0 Å². The second kappa shape index (κ2) is 9.89. The average Bonchev–Trinajstić information content (AvgIpc) is 2.71. The molecule has 0 fully saturated rings. The number of halogens is 2. The van der Waals surface area contributed by atoms with Crippen LogP contribution in [0.4, 0.5) is 11.5 Å². The Labute approximate surface area is 193 Å². The van der Waals surface area contributed by atoms with Crippen molar-refractivity contribution in [3.63, 3.8) is 0 Å². The van der Waals surface area contributed by atoms with Gasteiger partial charge in [-0.15, -0.1) is 0 Å². The minimum absolute atomic E-state index is 0.134. The SMILES string of the molecule is CN(C)c1nc(Cc2ccc(NC(=O)c3ccc(Br)cc3)cc2)nc(Cl)c1CC(=O)O. The molecule has 0 aliphatic heterocycles. The third kappa shape index (κ3) is 6.02. The minimum atomic E-state index is -0.998. The molecule has 9 heteroatoms. The zero-order valence-electron chi connectivity index (χ0n) is 16.9. The van der Waals surface area contributed by atoms with Crippen LogP contribution in [0.25, 0.3) is 0 Å². The molecule has 0 atom stereocenters. The summed E-state index contributed by atoms with van der Waals surface area (Å²) in [6.07, 6.45) is 0.161. The van der Waals surface area contributed by atoms with Gasteiger partial charge in [0.15, 0.2) is 0 Å². The molecule has 3 aromatic rings. The summed E-state index contributed by atoms with van der Waals surface area (Å²) in [6.45, 7) is 0. The van der Waals surface area contributed by atoms with Crippen LogP contribution in [-0.2, 0) is 17.6 Å². The molecule has 0 saturated heterocycles. The topological polar surface area (TPSA) is 95.4 Å². The molecule has 0 aliphatic carbocycles. The van der Waals surface area contributed by atoms with Crippen LogP contribution in [-0.4, -0.2) is 41.0 Å². The van der Waals surface area contributed by atoms with Gasteiger partial charge < -0.3 is 15.3 Å². The molecule has 160 valence electrons. The summed E-state index contributed by atoms with van der Waals surface area (Å²) in [5.41, 5.74) is 2.54. The first-order valence-electron chi connectivity index (χ1n) is 9.33. The third-order valence-electron chi connectivity index (χ3n) is 4.41. The molecular formula is C22H20BrClN4O3. The number of aromatic nitrogens is 2. The first-order chi connectivity index (χ1) is 14.7. The predicted molar refractivity (Wildman–Crippen MR) is 124 cm³/mol. The highest BCUT2D eigenvalue weighted by molar-refractivity contribution is 9.10. The Morgan fingerprint density at radius 1 is 1.06 bits per heavy atom. The van der Waals surface area contributed by atoms with Gasteiger partial charge in [-0.1, -0.05) is 39.7 Å². The highest BCUT2D eigenvalue weighted by Crippen LogP contribution is 2.25. The van der Waals surface area contributed by atoms with E-state index in [1.807, 2.05) is 24.3 Å².